The zero-order valence-electron chi connectivity index (χ0n) is 25.9. The summed E-state index contributed by atoms with van der Waals surface area (Å²) in [7, 11) is -3.29. The van der Waals surface area contributed by atoms with E-state index >= 15 is 0 Å². The smallest absolute Gasteiger partial charge is 0.407 e. The first-order chi connectivity index (χ1) is 19.9. The molecule has 0 atom stereocenters. The van der Waals surface area contributed by atoms with Gasteiger partial charge in [-0.1, -0.05) is 76.3 Å². The van der Waals surface area contributed by atoms with Gasteiger partial charge in [-0.3, -0.25) is 14.5 Å². The molecule has 9 nitrogen and oxygen atoms in total. The Kier molecular flexibility index (Phi) is 12.8. The van der Waals surface area contributed by atoms with Crippen LogP contribution in [0.2, 0.25) is 0 Å². The molecule has 1 aromatic rings. The number of hydrogen-bond donors (Lipinski definition) is 1. The monoisotopic (exact) mass is 605 g/mol. The molecular formula is C32H51N3O6S. The maximum Gasteiger partial charge on any atom is 0.407 e. The summed E-state index contributed by atoms with van der Waals surface area (Å²) < 4.78 is 27.2. The molecule has 2 aliphatic heterocycles. The van der Waals surface area contributed by atoms with Crippen LogP contribution in [0.25, 0.3) is 0 Å². The van der Waals surface area contributed by atoms with E-state index in [4.69, 9.17) is 0 Å². The van der Waals surface area contributed by atoms with E-state index in [0.29, 0.717) is 50.0 Å². The lowest BCUT2D eigenvalue weighted by Gasteiger charge is -2.43. The molecule has 1 saturated heterocycles. The number of carbonyl (C=O) groups excluding carboxylic acids is 2. The number of amides is 3. The molecule has 3 rings (SSSR count). The van der Waals surface area contributed by atoms with E-state index in [-0.39, 0.29) is 23.6 Å². The lowest BCUT2D eigenvalue weighted by molar-refractivity contribution is 0.0522. The zero-order chi connectivity index (χ0) is 30.8. The van der Waals surface area contributed by atoms with E-state index in [0.717, 1.165) is 38.5 Å². The Labute approximate surface area is 252 Å². The van der Waals surface area contributed by atoms with E-state index in [2.05, 4.69) is 0 Å². The number of unbranched alkanes of at least 4 members (excludes halogenated alkanes) is 11. The van der Waals surface area contributed by atoms with Crippen LogP contribution in [0.4, 0.5) is 4.79 Å². The molecule has 42 heavy (non-hydrogen) atoms. The van der Waals surface area contributed by atoms with Crippen molar-refractivity contribution < 1.29 is 27.9 Å². The van der Waals surface area contributed by atoms with Crippen molar-refractivity contribution in [3.05, 3.63) is 35.4 Å². The van der Waals surface area contributed by atoms with Crippen molar-refractivity contribution in [2.45, 2.75) is 122 Å². The zero-order valence-corrected chi connectivity index (χ0v) is 26.7. The van der Waals surface area contributed by atoms with E-state index in [1.807, 2.05) is 20.8 Å². The standard InChI is InChI=1S/C32H51N3O6S/c1-32(2,3)35(31(38)39)26-20-23-33(24-21-26)42(40,41)25-17-13-11-9-7-5-4-6-8-10-12-16-22-34-29(36)27-18-14-15-19-28(27)30(34)37/h14-15,18-19,26H,4-13,16-17,20-25H2,1-3H3,(H,38,39). The van der Waals surface area contributed by atoms with Gasteiger partial charge in [0.25, 0.3) is 11.8 Å². The largest absolute Gasteiger partial charge is 0.465 e. The Morgan fingerprint density at radius 1 is 0.810 bits per heavy atom. The Morgan fingerprint density at radius 2 is 1.24 bits per heavy atom. The van der Waals surface area contributed by atoms with Crippen molar-refractivity contribution in [1.29, 1.82) is 0 Å². The van der Waals surface area contributed by atoms with E-state index in [1.54, 1.807) is 28.6 Å². The maximum absolute atomic E-state index is 12.8. The van der Waals surface area contributed by atoms with Crippen molar-refractivity contribution in [2.75, 3.05) is 25.4 Å². The molecule has 10 heteroatoms. The lowest BCUT2D eigenvalue weighted by Crippen LogP contribution is -2.55. The molecule has 1 fully saturated rings. The highest BCUT2D eigenvalue weighted by Gasteiger charge is 2.37. The summed E-state index contributed by atoms with van der Waals surface area (Å²) in [6, 6.07) is 6.88. The van der Waals surface area contributed by atoms with Crippen molar-refractivity contribution >= 4 is 27.9 Å². The number of sulfonamides is 1. The van der Waals surface area contributed by atoms with Crippen LogP contribution < -0.4 is 0 Å². The highest BCUT2D eigenvalue weighted by Crippen LogP contribution is 2.26. The fourth-order valence-corrected chi connectivity index (χ4v) is 7.86. The van der Waals surface area contributed by atoms with E-state index in [1.165, 1.54) is 41.9 Å². The molecule has 0 unspecified atom stereocenters. The van der Waals surface area contributed by atoms with E-state index in [9.17, 15) is 27.9 Å². The molecule has 3 amide bonds. The molecule has 0 aromatic heterocycles. The molecule has 0 spiro atoms. The highest BCUT2D eigenvalue weighted by molar-refractivity contribution is 7.89. The molecule has 0 aliphatic carbocycles. The molecule has 1 N–H and O–H groups in total. The van der Waals surface area contributed by atoms with Gasteiger partial charge in [-0.2, -0.15) is 0 Å². The molecule has 1 aromatic carbocycles. The second kappa shape index (κ2) is 15.8. The molecule has 2 heterocycles. The molecule has 0 radical (unpaired) electrons. The number of fused-ring (bicyclic) bond motifs is 1. The van der Waals surface area contributed by atoms with Crippen molar-refractivity contribution in [2.24, 2.45) is 0 Å². The fraction of sp³-hybridized carbons (Fsp3) is 0.719. The first-order valence-electron chi connectivity index (χ1n) is 15.9. The second-order valence-corrected chi connectivity index (χ2v) is 14.9. The normalized spacial score (nSPS) is 16.7. The van der Waals surface area contributed by atoms with Crippen LogP contribution >= 0.6 is 0 Å². The average molecular weight is 606 g/mol. The number of imide groups is 1. The molecule has 0 bridgehead atoms. The summed E-state index contributed by atoms with van der Waals surface area (Å²) in [4.78, 5) is 39.4. The van der Waals surface area contributed by atoms with Crippen LogP contribution in [0, 0.1) is 0 Å². The van der Waals surface area contributed by atoms with Gasteiger partial charge in [0.05, 0.1) is 16.9 Å². The van der Waals surface area contributed by atoms with Crippen LogP contribution in [0.5, 0.6) is 0 Å². The van der Waals surface area contributed by atoms with Gasteiger partial charge in [-0.25, -0.2) is 17.5 Å². The predicted molar refractivity (Wildman–Crippen MR) is 165 cm³/mol. The van der Waals surface area contributed by atoms with Crippen LogP contribution in [-0.2, 0) is 10.0 Å². The van der Waals surface area contributed by atoms with Crippen LogP contribution in [0.1, 0.15) is 131 Å². The van der Waals surface area contributed by atoms with Gasteiger partial charge >= 0.3 is 6.09 Å². The van der Waals surface area contributed by atoms with Crippen LogP contribution in [0.15, 0.2) is 24.3 Å². The molecule has 236 valence electrons. The third-order valence-corrected chi connectivity index (χ3v) is 10.5. The summed E-state index contributed by atoms with van der Waals surface area (Å²) in [5.74, 6) is -0.161. The number of carbonyl (C=O) groups is 3. The minimum atomic E-state index is -3.29. The summed E-state index contributed by atoms with van der Waals surface area (Å²) in [5.41, 5.74) is 0.533. The van der Waals surface area contributed by atoms with Gasteiger partial charge in [0.2, 0.25) is 10.0 Å². The third kappa shape index (κ3) is 9.53. The topological polar surface area (TPSA) is 115 Å². The SMILES string of the molecule is CC(C)(C)N(C(=O)O)C1CCN(S(=O)(=O)CCCCCCCCCCCCCCN2C(=O)c3ccccc3C2=O)CC1. The minimum absolute atomic E-state index is 0.147. The quantitative estimate of drug-likeness (QED) is 0.159. The van der Waals surface area contributed by atoms with E-state index < -0.39 is 21.7 Å². The summed E-state index contributed by atoms with van der Waals surface area (Å²) in [6.07, 6.45) is 12.8. The van der Waals surface area contributed by atoms with Crippen LogP contribution in [-0.4, -0.2) is 82.5 Å². The second-order valence-electron chi connectivity index (χ2n) is 12.8. The van der Waals surface area contributed by atoms with Gasteiger partial charge in [0, 0.05) is 31.2 Å². The summed E-state index contributed by atoms with van der Waals surface area (Å²) >= 11 is 0. The van der Waals surface area contributed by atoms with Gasteiger partial charge in [0.15, 0.2) is 0 Å². The minimum Gasteiger partial charge on any atom is -0.465 e. The fourth-order valence-electron chi connectivity index (χ4n) is 6.26. The summed E-state index contributed by atoms with van der Waals surface area (Å²) in [6.45, 7) is 6.89. The predicted octanol–water partition coefficient (Wildman–Crippen LogP) is 6.54. The van der Waals surface area contributed by atoms with Crippen molar-refractivity contribution in [3.8, 4) is 0 Å². The van der Waals surface area contributed by atoms with Crippen molar-refractivity contribution in [1.82, 2.24) is 14.1 Å². The Bertz CT molecular complexity index is 1120. The molecular weight excluding hydrogens is 554 g/mol. The Balaban J connectivity index is 1.15. The Hall–Kier alpha value is -2.46. The third-order valence-electron chi connectivity index (χ3n) is 8.52. The van der Waals surface area contributed by atoms with Crippen LogP contribution in [0.3, 0.4) is 0 Å². The van der Waals surface area contributed by atoms with Gasteiger partial charge in [-0.05, 0) is 58.6 Å². The first kappa shape index (κ1) is 34.0. The maximum atomic E-state index is 12.8. The van der Waals surface area contributed by atoms with Crippen molar-refractivity contribution in [3.63, 3.8) is 0 Å². The number of rotatable bonds is 17. The number of piperidine rings is 1. The average Bonchev–Trinajstić information content (AvgIpc) is 3.17. The number of hydrogen-bond acceptors (Lipinski definition) is 5. The summed E-state index contributed by atoms with van der Waals surface area (Å²) in [5, 5.41) is 9.62. The van der Waals surface area contributed by atoms with Gasteiger partial charge in [-0.15, -0.1) is 0 Å². The number of benzene rings is 1. The number of nitrogens with zero attached hydrogens (tertiary/aromatic N) is 3. The Morgan fingerprint density at radius 3 is 1.67 bits per heavy atom. The highest BCUT2D eigenvalue weighted by atomic mass is 32.2. The first-order valence-corrected chi connectivity index (χ1v) is 17.5. The lowest BCUT2D eigenvalue weighted by atomic mass is 9.98. The molecule has 0 saturated carbocycles. The van der Waals surface area contributed by atoms with Gasteiger partial charge < -0.3 is 10.0 Å². The number of carboxylic acid groups (broad SMARTS) is 1. The van der Waals surface area contributed by atoms with Gasteiger partial charge in [0.1, 0.15) is 0 Å². The molecule has 2 aliphatic rings.